The summed E-state index contributed by atoms with van der Waals surface area (Å²) >= 11 is 0. The molecule has 1 rings (SSSR count). The van der Waals surface area contributed by atoms with Crippen molar-refractivity contribution < 1.29 is 14.7 Å². The minimum Gasteiger partial charge on any atom is -0.394 e. The number of hydrogen-bond donors (Lipinski definition) is 3. The number of rotatable bonds is 5. The van der Waals surface area contributed by atoms with Crippen LogP contribution in [0.2, 0.25) is 0 Å². The predicted molar refractivity (Wildman–Crippen MR) is 73.8 cm³/mol. The van der Waals surface area contributed by atoms with Gasteiger partial charge in [0, 0.05) is 5.69 Å². The number of carbonyl (C=O) groups excluding carboxylic acids is 2. The largest absolute Gasteiger partial charge is 0.394 e. The van der Waals surface area contributed by atoms with Crippen LogP contribution < -0.4 is 10.6 Å². The summed E-state index contributed by atoms with van der Waals surface area (Å²) in [6.45, 7) is 3.62. The van der Waals surface area contributed by atoms with E-state index in [1.807, 2.05) is 26.0 Å². The Hall–Kier alpha value is -1.88. The maximum atomic E-state index is 11.7. The molecule has 0 spiro atoms. The SMILES string of the molecule is CCc1ccccc1NC(=O)C(=O)N[C@@H](CC)CO. The van der Waals surface area contributed by atoms with Crippen molar-refractivity contribution in [3.05, 3.63) is 29.8 Å². The number of para-hydroxylation sites is 1. The molecule has 0 aliphatic carbocycles. The van der Waals surface area contributed by atoms with Gasteiger partial charge in [-0.1, -0.05) is 32.0 Å². The molecule has 0 saturated carbocycles. The highest BCUT2D eigenvalue weighted by molar-refractivity contribution is 6.39. The first-order chi connectivity index (χ1) is 9.12. The number of aliphatic hydroxyl groups is 1. The summed E-state index contributed by atoms with van der Waals surface area (Å²) in [5, 5.41) is 14.0. The van der Waals surface area contributed by atoms with Crippen LogP contribution in [0.1, 0.15) is 25.8 Å². The minimum absolute atomic E-state index is 0.179. The van der Waals surface area contributed by atoms with E-state index in [0.29, 0.717) is 12.1 Å². The fraction of sp³-hybridized carbons (Fsp3) is 0.429. The number of carbonyl (C=O) groups is 2. The van der Waals surface area contributed by atoms with E-state index in [4.69, 9.17) is 5.11 Å². The van der Waals surface area contributed by atoms with Crippen LogP contribution in [0.3, 0.4) is 0 Å². The van der Waals surface area contributed by atoms with Gasteiger partial charge in [0.2, 0.25) is 0 Å². The van der Waals surface area contributed by atoms with Gasteiger partial charge in [0.25, 0.3) is 0 Å². The number of aliphatic hydroxyl groups excluding tert-OH is 1. The van der Waals surface area contributed by atoms with Gasteiger partial charge in [0.05, 0.1) is 12.6 Å². The molecule has 2 amide bonds. The monoisotopic (exact) mass is 264 g/mol. The summed E-state index contributed by atoms with van der Waals surface area (Å²) in [6.07, 6.45) is 1.34. The van der Waals surface area contributed by atoms with Crippen LogP contribution in [0, 0.1) is 0 Å². The van der Waals surface area contributed by atoms with Crippen molar-refractivity contribution in [3.63, 3.8) is 0 Å². The predicted octanol–water partition coefficient (Wildman–Crippen LogP) is 1.07. The summed E-state index contributed by atoms with van der Waals surface area (Å²) in [4.78, 5) is 23.4. The van der Waals surface area contributed by atoms with Crippen LogP contribution in [0.4, 0.5) is 5.69 Å². The fourth-order valence-corrected chi connectivity index (χ4v) is 1.66. The summed E-state index contributed by atoms with van der Waals surface area (Å²) < 4.78 is 0. The third-order valence-corrected chi connectivity index (χ3v) is 2.90. The van der Waals surface area contributed by atoms with Crippen LogP contribution in [0.15, 0.2) is 24.3 Å². The lowest BCUT2D eigenvalue weighted by Crippen LogP contribution is -2.43. The van der Waals surface area contributed by atoms with Crippen molar-refractivity contribution >= 4 is 17.5 Å². The second-order valence-electron chi connectivity index (χ2n) is 4.23. The molecule has 1 aromatic rings. The Morgan fingerprint density at radius 3 is 2.47 bits per heavy atom. The summed E-state index contributed by atoms with van der Waals surface area (Å²) in [6, 6.07) is 6.95. The maximum Gasteiger partial charge on any atom is 0.313 e. The normalized spacial score (nSPS) is 11.7. The van der Waals surface area contributed by atoms with Crippen molar-refractivity contribution in [2.75, 3.05) is 11.9 Å². The van der Waals surface area contributed by atoms with Gasteiger partial charge in [-0.05, 0) is 24.5 Å². The van der Waals surface area contributed by atoms with Gasteiger partial charge in [-0.25, -0.2) is 0 Å². The van der Waals surface area contributed by atoms with Crippen molar-refractivity contribution in [2.24, 2.45) is 0 Å². The Balaban J connectivity index is 2.66. The molecule has 5 heteroatoms. The Morgan fingerprint density at radius 2 is 1.89 bits per heavy atom. The topological polar surface area (TPSA) is 78.4 Å². The number of hydrogen-bond acceptors (Lipinski definition) is 3. The number of amides is 2. The quantitative estimate of drug-likeness (QED) is 0.696. The second-order valence-corrected chi connectivity index (χ2v) is 4.23. The van der Waals surface area contributed by atoms with E-state index in [1.165, 1.54) is 0 Å². The van der Waals surface area contributed by atoms with Gasteiger partial charge < -0.3 is 15.7 Å². The third-order valence-electron chi connectivity index (χ3n) is 2.90. The van der Waals surface area contributed by atoms with Crippen molar-refractivity contribution in [1.82, 2.24) is 5.32 Å². The van der Waals surface area contributed by atoms with E-state index in [0.717, 1.165) is 12.0 Å². The minimum atomic E-state index is -0.730. The molecular formula is C14H20N2O3. The maximum absolute atomic E-state index is 11.7. The lowest BCUT2D eigenvalue weighted by Gasteiger charge is -2.14. The Morgan fingerprint density at radius 1 is 1.21 bits per heavy atom. The summed E-state index contributed by atoms with van der Waals surface area (Å²) in [7, 11) is 0. The van der Waals surface area contributed by atoms with E-state index in [2.05, 4.69) is 10.6 Å². The van der Waals surface area contributed by atoms with E-state index in [9.17, 15) is 9.59 Å². The Bertz CT molecular complexity index is 442. The highest BCUT2D eigenvalue weighted by Crippen LogP contribution is 2.15. The van der Waals surface area contributed by atoms with Crippen LogP contribution in [-0.2, 0) is 16.0 Å². The summed E-state index contributed by atoms with van der Waals surface area (Å²) in [5.41, 5.74) is 1.61. The number of aryl methyl sites for hydroxylation is 1. The van der Waals surface area contributed by atoms with Crippen LogP contribution in [0.25, 0.3) is 0 Å². The van der Waals surface area contributed by atoms with Gasteiger partial charge in [-0.15, -0.1) is 0 Å². The van der Waals surface area contributed by atoms with Crippen molar-refractivity contribution in [2.45, 2.75) is 32.7 Å². The zero-order chi connectivity index (χ0) is 14.3. The van der Waals surface area contributed by atoms with E-state index in [-0.39, 0.29) is 12.6 Å². The Kier molecular flexibility index (Phi) is 6.02. The summed E-state index contributed by atoms with van der Waals surface area (Å²) in [5.74, 6) is -1.44. The van der Waals surface area contributed by atoms with E-state index in [1.54, 1.807) is 12.1 Å². The molecule has 5 nitrogen and oxygen atoms in total. The molecule has 0 bridgehead atoms. The molecule has 1 atom stereocenters. The molecule has 0 fully saturated rings. The smallest absolute Gasteiger partial charge is 0.313 e. The van der Waals surface area contributed by atoms with Gasteiger partial charge >= 0.3 is 11.8 Å². The lowest BCUT2D eigenvalue weighted by molar-refractivity contribution is -0.136. The molecule has 1 aromatic carbocycles. The van der Waals surface area contributed by atoms with Crippen LogP contribution in [-0.4, -0.2) is 29.6 Å². The van der Waals surface area contributed by atoms with Gasteiger partial charge in [-0.2, -0.15) is 0 Å². The van der Waals surface area contributed by atoms with Crippen molar-refractivity contribution in [1.29, 1.82) is 0 Å². The Labute approximate surface area is 113 Å². The average molecular weight is 264 g/mol. The first-order valence-corrected chi connectivity index (χ1v) is 6.42. The molecule has 0 radical (unpaired) electrons. The first-order valence-electron chi connectivity index (χ1n) is 6.42. The molecule has 0 unspecified atom stereocenters. The van der Waals surface area contributed by atoms with Gasteiger partial charge in [0.15, 0.2) is 0 Å². The zero-order valence-corrected chi connectivity index (χ0v) is 11.3. The molecule has 104 valence electrons. The molecule has 0 saturated heterocycles. The number of nitrogens with one attached hydrogen (secondary N) is 2. The van der Waals surface area contributed by atoms with E-state index >= 15 is 0 Å². The first kappa shape index (κ1) is 15.2. The van der Waals surface area contributed by atoms with Crippen LogP contribution >= 0.6 is 0 Å². The second kappa shape index (κ2) is 7.53. The third kappa shape index (κ3) is 4.37. The average Bonchev–Trinajstić information content (AvgIpc) is 2.44. The molecule has 0 heterocycles. The number of anilines is 1. The zero-order valence-electron chi connectivity index (χ0n) is 11.3. The molecule has 0 aromatic heterocycles. The molecule has 19 heavy (non-hydrogen) atoms. The standard InChI is InChI=1S/C14H20N2O3/c1-3-10-7-5-6-8-12(10)16-14(19)13(18)15-11(4-2)9-17/h5-8,11,17H,3-4,9H2,1-2H3,(H,15,18)(H,16,19)/t11-/m0/s1. The molecule has 0 aliphatic rings. The molecule has 0 aliphatic heterocycles. The van der Waals surface area contributed by atoms with E-state index < -0.39 is 11.8 Å². The number of benzene rings is 1. The molecule has 3 N–H and O–H groups in total. The highest BCUT2D eigenvalue weighted by atomic mass is 16.3. The fourth-order valence-electron chi connectivity index (χ4n) is 1.66. The van der Waals surface area contributed by atoms with Gasteiger partial charge in [-0.3, -0.25) is 9.59 Å². The van der Waals surface area contributed by atoms with Crippen molar-refractivity contribution in [3.8, 4) is 0 Å². The lowest BCUT2D eigenvalue weighted by atomic mass is 10.1. The van der Waals surface area contributed by atoms with Gasteiger partial charge in [0.1, 0.15) is 0 Å². The molecular weight excluding hydrogens is 244 g/mol. The van der Waals surface area contributed by atoms with Crippen LogP contribution in [0.5, 0.6) is 0 Å². The highest BCUT2D eigenvalue weighted by Gasteiger charge is 2.17.